The van der Waals surface area contributed by atoms with Crippen molar-refractivity contribution in [2.75, 3.05) is 0 Å². The Morgan fingerprint density at radius 1 is 0.762 bits per heavy atom. The molecule has 0 aliphatic heterocycles. The van der Waals surface area contributed by atoms with Crippen LogP contribution in [0.2, 0.25) is 0 Å². The van der Waals surface area contributed by atoms with Gasteiger partial charge in [-0.05, 0) is 72.9 Å². The zero-order chi connectivity index (χ0) is 14.8. The van der Waals surface area contributed by atoms with Gasteiger partial charge in [0.1, 0.15) is 11.5 Å². The van der Waals surface area contributed by atoms with Gasteiger partial charge in [0, 0.05) is 4.47 Å². The summed E-state index contributed by atoms with van der Waals surface area (Å²) in [5.74, 6) is 2.18. The van der Waals surface area contributed by atoms with E-state index in [4.69, 9.17) is 0 Å². The van der Waals surface area contributed by atoms with E-state index in [1.165, 1.54) is 25.7 Å². The maximum absolute atomic E-state index is 9.42. The van der Waals surface area contributed by atoms with Crippen molar-refractivity contribution >= 4 is 15.9 Å². The Balaban J connectivity index is 0.000000126. The minimum absolute atomic E-state index is 0.440. The Hall–Kier alpha value is -1.48. The summed E-state index contributed by atoms with van der Waals surface area (Å²) in [5, 5.41) is 18.7. The van der Waals surface area contributed by atoms with Gasteiger partial charge in [0.05, 0.1) is 0 Å². The highest BCUT2D eigenvalue weighted by atomic mass is 79.9. The molecule has 0 spiro atoms. The molecule has 0 heterocycles. The maximum atomic E-state index is 9.42. The monoisotopic (exact) mass is 346 g/mol. The van der Waals surface area contributed by atoms with Crippen molar-refractivity contribution in [3.63, 3.8) is 0 Å². The van der Waals surface area contributed by atoms with Gasteiger partial charge in [-0.15, -0.1) is 0 Å². The van der Waals surface area contributed by atoms with Gasteiger partial charge in [-0.25, -0.2) is 0 Å². The number of phenolic OH excluding ortho intramolecular Hbond substituents is 2. The van der Waals surface area contributed by atoms with Crippen LogP contribution in [0.15, 0.2) is 46.9 Å². The smallest absolute Gasteiger partial charge is 0.119 e. The third-order valence-electron chi connectivity index (χ3n) is 3.96. The topological polar surface area (TPSA) is 40.5 Å². The molecule has 2 aliphatic carbocycles. The van der Waals surface area contributed by atoms with E-state index in [2.05, 4.69) is 15.9 Å². The van der Waals surface area contributed by atoms with Crippen molar-refractivity contribution in [2.45, 2.75) is 37.5 Å². The van der Waals surface area contributed by atoms with Crippen LogP contribution in [0.4, 0.5) is 0 Å². The number of para-hydroxylation sites is 1. The third kappa shape index (κ3) is 3.79. The number of halogens is 1. The van der Waals surface area contributed by atoms with E-state index < -0.39 is 0 Å². The van der Waals surface area contributed by atoms with Crippen LogP contribution < -0.4 is 0 Å². The lowest BCUT2D eigenvalue weighted by Crippen LogP contribution is -1.79. The first-order valence-corrected chi connectivity index (χ1v) is 8.20. The van der Waals surface area contributed by atoms with E-state index in [0.717, 1.165) is 15.6 Å². The molecule has 21 heavy (non-hydrogen) atoms. The van der Waals surface area contributed by atoms with Gasteiger partial charge in [-0.3, -0.25) is 0 Å². The van der Waals surface area contributed by atoms with Crippen LogP contribution in [0, 0.1) is 0 Å². The highest BCUT2D eigenvalue weighted by Gasteiger charge is 2.26. The van der Waals surface area contributed by atoms with Gasteiger partial charge in [0.2, 0.25) is 0 Å². The molecule has 2 fully saturated rings. The van der Waals surface area contributed by atoms with E-state index in [1.54, 1.807) is 12.1 Å². The highest BCUT2D eigenvalue weighted by molar-refractivity contribution is 9.10. The van der Waals surface area contributed by atoms with Crippen LogP contribution in [-0.4, -0.2) is 10.2 Å². The molecule has 0 bridgehead atoms. The quantitative estimate of drug-likeness (QED) is 0.774. The standard InChI is InChI=1S/C9H9BrO.C9H10O/c10-7-3-4-9(11)8(5-7)6-1-2-6;10-9-4-2-1-3-8(9)7-5-6-7/h3-6,11H,1-2H2;1-4,7,10H,5-6H2. The fourth-order valence-electron chi connectivity index (χ4n) is 2.47. The summed E-state index contributed by atoms with van der Waals surface area (Å²) in [5.41, 5.74) is 2.22. The fraction of sp³-hybridized carbons (Fsp3) is 0.333. The lowest BCUT2D eigenvalue weighted by Gasteiger charge is -2.01. The number of hydrogen-bond donors (Lipinski definition) is 2. The van der Waals surface area contributed by atoms with Crippen molar-refractivity contribution in [1.29, 1.82) is 0 Å². The summed E-state index contributed by atoms with van der Waals surface area (Å²) in [6, 6.07) is 13.2. The molecule has 0 aromatic heterocycles. The van der Waals surface area contributed by atoms with Crippen molar-refractivity contribution in [2.24, 2.45) is 0 Å². The van der Waals surface area contributed by atoms with Crippen LogP contribution >= 0.6 is 15.9 Å². The molecule has 0 unspecified atom stereocenters. The predicted octanol–water partition coefficient (Wildman–Crippen LogP) is 5.30. The molecule has 2 aliphatic rings. The molecule has 4 rings (SSSR count). The number of rotatable bonds is 2. The minimum atomic E-state index is 0.440. The Kier molecular flexibility index (Phi) is 4.20. The first kappa shape index (κ1) is 14.5. The summed E-state index contributed by atoms with van der Waals surface area (Å²) < 4.78 is 1.05. The first-order chi connectivity index (χ1) is 10.1. The van der Waals surface area contributed by atoms with Gasteiger partial charge >= 0.3 is 0 Å². The molecule has 0 amide bonds. The largest absolute Gasteiger partial charge is 0.508 e. The molecule has 2 aromatic carbocycles. The molecule has 110 valence electrons. The van der Waals surface area contributed by atoms with Crippen LogP contribution in [0.5, 0.6) is 11.5 Å². The second-order valence-electron chi connectivity index (χ2n) is 5.81. The summed E-state index contributed by atoms with van der Waals surface area (Å²) in [6.07, 6.45) is 4.95. The van der Waals surface area contributed by atoms with Crippen molar-refractivity contribution in [1.82, 2.24) is 0 Å². The van der Waals surface area contributed by atoms with Crippen LogP contribution in [0.3, 0.4) is 0 Å². The van der Waals surface area contributed by atoms with E-state index in [0.29, 0.717) is 23.3 Å². The van der Waals surface area contributed by atoms with Crippen LogP contribution in [0.1, 0.15) is 48.6 Å². The zero-order valence-electron chi connectivity index (χ0n) is 11.8. The first-order valence-electron chi connectivity index (χ1n) is 7.41. The summed E-state index contributed by atoms with van der Waals surface area (Å²) in [6.45, 7) is 0. The van der Waals surface area contributed by atoms with Gasteiger partial charge in [0.15, 0.2) is 0 Å². The third-order valence-corrected chi connectivity index (χ3v) is 4.45. The average Bonchev–Trinajstić information content (AvgIpc) is 3.36. The van der Waals surface area contributed by atoms with E-state index in [-0.39, 0.29) is 0 Å². The summed E-state index contributed by atoms with van der Waals surface area (Å²) >= 11 is 3.38. The van der Waals surface area contributed by atoms with E-state index in [1.807, 2.05) is 30.3 Å². The van der Waals surface area contributed by atoms with Gasteiger partial charge in [-0.2, -0.15) is 0 Å². The van der Waals surface area contributed by atoms with E-state index in [9.17, 15) is 10.2 Å². The molecular weight excluding hydrogens is 328 g/mol. The van der Waals surface area contributed by atoms with Gasteiger partial charge < -0.3 is 10.2 Å². The van der Waals surface area contributed by atoms with E-state index >= 15 is 0 Å². The predicted molar refractivity (Wildman–Crippen MR) is 87.9 cm³/mol. The second-order valence-corrected chi connectivity index (χ2v) is 6.73. The summed E-state index contributed by atoms with van der Waals surface area (Å²) in [7, 11) is 0. The second kappa shape index (κ2) is 6.10. The molecule has 0 atom stereocenters. The average molecular weight is 347 g/mol. The van der Waals surface area contributed by atoms with Crippen molar-refractivity contribution < 1.29 is 10.2 Å². The van der Waals surface area contributed by atoms with Crippen LogP contribution in [-0.2, 0) is 0 Å². The minimum Gasteiger partial charge on any atom is -0.508 e. The highest BCUT2D eigenvalue weighted by Crippen LogP contribution is 2.45. The Bertz CT molecular complexity index is 631. The normalized spacial score (nSPS) is 17.0. The Morgan fingerprint density at radius 3 is 1.95 bits per heavy atom. The molecule has 0 saturated heterocycles. The number of aromatic hydroxyl groups is 2. The molecule has 0 radical (unpaired) electrons. The molecule has 2 aromatic rings. The zero-order valence-corrected chi connectivity index (χ0v) is 13.4. The Morgan fingerprint density at radius 2 is 1.33 bits per heavy atom. The van der Waals surface area contributed by atoms with Crippen molar-refractivity contribution in [3.05, 3.63) is 58.1 Å². The molecule has 3 heteroatoms. The molecule has 2 nitrogen and oxygen atoms in total. The Labute approximate surface area is 133 Å². The number of phenols is 2. The SMILES string of the molecule is Oc1ccc(Br)cc1C1CC1.Oc1ccccc1C1CC1. The van der Waals surface area contributed by atoms with Gasteiger partial charge in [0.25, 0.3) is 0 Å². The fourth-order valence-corrected chi connectivity index (χ4v) is 2.85. The lowest BCUT2D eigenvalue weighted by atomic mass is 10.1. The van der Waals surface area contributed by atoms with Crippen molar-refractivity contribution in [3.8, 4) is 11.5 Å². The number of benzene rings is 2. The lowest BCUT2D eigenvalue weighted by molar-refractivity contribution is 0.468. The number of hydrogen-bond acceptors (Lipinski definition) is 2. The summed E-state index contributed by atoms with van der Waals surface area (Å²) in [4.78, 5) is 0. The van der Waals surface area contributed by atoms with Crippen LogP contribution in [0.25, 0.3) is 0 Å². The molecule has 2 N–H and O–H groups in total. The van der Waals surface area contributed by atoms with Gasteiger partial charge in [-0.1, -0.05) is 34.1 Å². The molecule has 2 saturated carbocycles. The molecular formula is C18H19BrO2. The maximum Gasteiger partial charge on any atom is 0.119 e.